The van der Waals surface area contributed by atoms with Crippen LogP contribution >= 0.6 is 22.9 Å². The molecule has 0 fully saturated rings. The van der Waals surface area contributed by atoms with Gasteiger partial charge in [0.15, 0.2) is 0 Å². The molecular formula is C8H13ClN2S. The van der Waals surface area contributed by atoms with Gasteiger partial charge in [0, 0.05) is 6.54 Å². The number of hydrogen-bond acceptors (Lipinski definition) is 3. The molecule has 0 aliphatic rings. The van der Waals surface area contributed by atoms with Crippen LogP contribution in [0.4, 0.5) is 0 Å². The molecule has 1 heterocycles. The molecule has 0 amide bonds. The van der Waals surface area contributed by atoms with Crippen molar-refractivity contribution in [1.82, 2.24) is 10.3 Å². The first-order chi connectivity index (χ1) is 5.68. The third-order valence-electron chi connectivity index (χ3n) is 1.35. The van der Waals surface area contributed by atoms with E-state index in [9.17, 15) is 0 Å². The van der Waals surface area contributed by atoms with Gasteiger partial charge in [0.05, 0.1) is 6.20 Å². The molecule has 0 bridgehead atoms. The maximum Gasteiger partial charge on any atom is 0.113 e. The second-order valence-corrected chi connectivity index (χ2v) is 4.83. The Morgan fingerprint density at radius 1 is 1.67 bits per heavy atom. The normalized spacial score (nSPS) is 11.0. The van der Waals surface area contributed by atoms with Crippen LogP contribution in [0.5, 0.6) is 0 Å². The first kappa shape index (κ1) is 9.96. The van der Waals surface area contributed by atoms with E-state index in [1.165, 1.54) is 11.3 Å². The molecule has 0 radical (unpaired) electrons. The van der Waals surface area contributed by atoms with Crippen molar-refractivity contribution in [1.29, 1.82) is 0 Å². The molecule has 0 unspecified atom stereocenters. The largest absolute Gasteiger partial charge is 0.310 e. The zero-order valence-electron chi connectivity index (χ0n) is 7.30. The Bertz CT molecular complexity index is 235. The zero-order valence-corrected chi connectivity index (χ0v) is 8.87. The minimum Gasteiger partial charge on any atom is -0.310 e. The molecule has 0 aliphatic carbocycles. The molecule has 0 spiro atoms. The number of aromatic nitrogens is 1. The van der Waals surface area contributed by atoms with Gasteiger partial charge in [0.2, 0.25) is 0 Å². The first-order valence-corrected chi connectivity index (χ1v) is 5.19. The van der Waals surface area contributed by atoms with Gasteiger partial charge in [0.1, 0.15) is 9.34 Å². The Labute approximate surface area is 82.0 Å². The van der Waals surface area contributed by atoms with Crippen LogP contribution in [0.3, 0.4) is 0 Å². The van der Waals surface area contributed by atoms with Crippen molar-refractivity contribution in [3.05, 3.63) is 15.5 Å². The van der Waals surface area contributed by atoms with Gasteiger partial charge in [-0.3, -0.25) is 0 Å². The minimum absolute atomic E-state index is 0.681. The molecule has 4 heteroatoms. The standard InChI is InChI=1S/C8H13ClN2S/c1-6(2)3-10-5-8-11-4-7(9)12-8/h4,6,10H,3,5H2,1-2H3. The van der Waals surface area contributed by atoms with Crippen molar-refractivity contribution in [3.63, 3.8) is 0 Å². The monoisotopic (exact) mass is 204 g/mol. The lowest BCUT2D eigenvalue weighted by molar-refractivity contribution is 0.551. The average Bonchev–Trinajstić information content (AvgIpc) is 2.35. The smallest absolute Gasteiger partial charge is 0.113 e. The van der Waals surface area contributed by atoms with Crippen molar-refractivity contribution in [2.45, 2.75) is 20.4 Å². The highest BCUT2D eigenvalue weighted by molar-refractivity contribution is 7.15. The molecule has 0 saturated carbocycles. The second-order valence-electron chi connectivity index (χ2n) is 3.08. The van der Waals surface area contributed by atoms with E-state index in [4.69, 9.17) is 11.6 Å². The third-order valence-corrected chi connectivity index (χ3v) is 2.47. The molecule has 1 aromatic heterocycles. The van der Waals surface area contributed by atoms with Gasteiger partial charge in [-0.05, 0) is 12.5 Å². The molecule has 0 aliphatic heterocycles. The topological polar surface area (TPSA) is 24.9 Å². The molecule has 2 nitrogen and oxygen atoms in total. The molecule has 1 aromatic rings. The van der Waals surface area contributed by atoms with Crippen molar-refractivity contribution < 1.29 is 0 Å². The van der Waals surface area contributed by atoms with E-state index in [2.05, 4.69) is 24.1 Å². The zero-order chi connectivity index (χ0) is 8.97. The van der Waals surface area contributed by atoms with Crippen LogP contribution in [0.2, 0.25) is 4.34 Å². The fourth-order valence-electron chi connectivity index (χ4n) is 0.838. The van der Waals surface area contributed by atoms with Gasteiger partial charge in [0.25, 0.3) is 0 Å². The highest BCUT2D eigenvalue weighted by Crippen LogP contribution is 2.17. The minimum atomic E-state index is 0.681. The maximum atomic E-state index is 5.73. The van der Waals surface area contributed by atoms with Crippen molar-refractivity contribution >= 4 is 22.9 Å². The van der Waals surface area contributed by atoms with E-state index >= 15 is 0 Å². The number of hydrogen-bond donors (Lipinski definition) is 1. The van der Waals surface area contributed by atoms with Crippen LogP contribution in [0.25, 0.3) is 0 Å². The van der Waals surface area contributed by atoms with Crippen LogP contribution < -0.4 is 5.32 Å². The Morgan fingerprint density at radius 3 is 2.92 bits per heavy atom. The van der Waals surface area contributed by atoms with Gasteiger partial charge >= 0.3 is 0 Å². The second kappa shape index (κ2) is 4.80. The quantitative estimate of drug-likeness (QED) is 0.816. The van der Waals surface area contributed by atoms with Crippen LogP contribution in [0.1, 0.15) is 18.9 Å². The summed E-state index contributed by atoms with van der Waals surface area (Å²) in [5.41, 5.74) is 0. The maximum absolute atomic E-state index is 5.73. The molecule has 68 valence electrons. The van der Waals surface area contributed by atoms with E-state index in [1.54, 1.807) is 6.20 Å². The van der Waals surface area contributed by atoms with Crippen molar-refractivity contribution in [3.8, 4) is 0 Å². The summed E-state index contributed by atoms with van der Waals surface area (Å²) < 4.78 is 0.761. The summed E-state index contributed by atoms with van der Waals surface area (Å²) >= 11 is 7.26. The first-order valence-electron chi connectivity index (χ1n) is 3.99. The average molecular weight is 205 g/mol. The van der Waals surface area contributed by atoms with E-state index in [1.807, 2.05) is 0 Å². The molecule has 1 rings (SSSR count). The molecule has 12 heavy (non-hydrogen) atoms. The summed E-state index contributed by atoms with van der Waals surface area (Å²) in [4.78, 5) is 4.14. The summed E-state index contributed by atoms with van der Waals surface area (Å²) in [6, 6.07) is 0. The highest BCUT2D eigenvalue weighted by atomic mass is 35.5. The number of thiazole rings is 1. The van der Waals surface area contributed by atoms with Gasteiger partial charge in [-0.25, -0.2) is 4.98 Å². The SMILES string of the molecule is CC(C)CNCc1ncc(Cl)s1. The van der Waals surface area contributed by atoms with Crippen LogP contribution in [-0.4, -0.2) is 11.5 Å². The van der Waals surface area contributed by atoms with Gasteiger partial charge in [-0.1, -0.05) is 25.4 Å². The number of rotatable bonds is 4. The third kappa shape index (κ3) is 3.52. The lowest BCUT2D eigenvalue weighted by Crippen LogP contribution is -2.18. The summed E-state index contributed by atoms with van der Waals surface area (Å²) in [6.45, 7) is 6.22. The van der Waals surface area contributed by atoms with Crippen molar-refractivity contribution in [2.24, 2.45) is 5.92 Å². The molecule has 0 atom stereocenters. The Kier molecular flexibility index (Phi) is 3.98. The molecule has 0 saturated heterocycles. The van der Waals surface area contributed by atoms with Gasteiger partial charge < -0.3 is 5.32 Å². The van der Waals surface area contributed by atoms with Crippen molar-refractivity contribution in [2.75, 3.05) is 6.54 Å². The fourth-order valence-corrected chi connectivity index (χ4v) is 1.76. The molecule has 0 aromatic carbocycles. The van der Waals surface area contributed by atoms with Crippen LogP contribution in [0, 0.1) is 5.92 Å². The van der Waals surface area contributed by atoms with E-state index in [0.29, 0.717) is 5.92 Å². The number of nitrogens with one attached hydrogen (secondary N) is 1. The van der Waals surface area contributed by atoms with Crippen LogP contribution in [0.15, 0.2) is 6.20 Å². The summed E-state index contributed by atoms with van der Waals surface area (Å²) in [7, 11) is 0. The number of nitrogens with zero attached hydrogens (tertiary/aromatic N) is 1. The van der Waals surface area contributed by atoms with Gasteiger partial charge in [-0.15, -0.1) is 11.3 Å². The molecular weight excluding hydrogens is 192 g/mol. The van der Waals surface area contributed by atoms with Crippen LogP contribution in [-0.2, 0) is 6.54 Å². The van der Waals surface area contributed by atoms with E-state index < -0.39 is 0 Å². The highest BCUT2D eigenvalue weighted by Gasteiger charge is 1.99. The Balaban J connectivity index is 2.24. The lowest BCUT2D eigenvalue weighted by atomic mass is 10.2. The Morgan fingerprint density at radius 2 is 2.42 bits per heavy atom. The van der Waals surface area contributed by atoms with E-state index in [-0.39, 0.29) is 0 Å². The predicted octanol–water partition coefficient (Wildman–Crippen LogP) is 2.54. The fraction of sp³-hybridized carbons (Fsp3) is 0.625. The van der Waals surface area contributed by atoms with E-state index in [0.717, 1.165) is 22.4 Å². The Hall–Kier alpha value is -0.120. The predicted molar refractivity (Wildman–Crippen MR) is 53.7 cm³/mol. The summed E-state index contributed by atoms with van der Waals surface area (Å²) in [5, 5.41) is 4.36. The van der Waals surface area contributed by atoms with Gasteiger partial charge in [-0.2, -0.15) is 0 Å². The number of halogens is 1. The lowest BCUT2D eigenvalue weighted by Gasteiger charge is -2.04. The summed E-state index contributed by atoms with van der Waals surface area (Å²) in [6.07, 6.45) is 1.69. The molecule has 1 N–H and O–H groups in total. The summed E-state index contributed by atoms with van der Waals surface area (Å²) in [5.74, 6) is 0.681.